The van der Waals surface area contributed by atoms with Crippen LogP contribution in [0.4, 0.5) is 4.79 Å². The Bertz CT molecular complexity index is 708. The molecule has 2 amide bonds. The Balaban J connectivity index is 1.63. The number of urea groups is 1. The van der Waals surface area contributed by atoms with Crippen LogP contribution in [0.5, 0.6) is 0 Å². The van der Waals surface area contributed by atoms with E-state index in [1.807, 2.05) is 30.7 Å². The van der Waals surface area contributed by atoms with Crippen LogP contribution in [0.1, 0.15) is 55.0 Å². The van der Waals surface area contributed by atoms with Crippen molar-refractivity contribution in [2.45, 2.75) is 51.9 Å². The predicted octanol–water partition coefficient (Wildman–Crippen LogP) is 2.22. The van der Waals surface area contributed by atoms with Crippen LogP contribution < -0.4 is 10.6 Å². The standard InChI is InChI=1S/C16H23N5O3/c1-10-6-7-13(24-10)11(2)17-16(22)18-12-5-4-8-21-15(12)19-14(20-21)9-23-3/h6-7,11-12H,4-5,8-9H2,1-3H3,(H2,17,18,22)/t11-,12-/m1/s1. The Morgan fingerprint density at radius 3 is 3.08 bits per heavy atom. The lowest BCUT2D eigenvalue weighted by Gasteiger charge is -2.24. The Morgan fingerprint density at radius 1 is 1.54 bits per heavy atom. The van der Waals surface area contributed by atoms with Gasteiger partial charge in [-0.25, -0.2) is 14.5 Å². The fourth-order valence-corrected chi connectivity index (χ4v) is 2.88. The maximum absolute atomic E-state index is 12.3. The Labute approximate surface area is 140 Å². The summed E-state index contributed by atoms with van der Waals surface area (Å²) in [6.07, 6.45) is 1.79. The highest BCUT2D eigenvalue weighted by Crippen LogP contribution is 2.23. The topological polar surface area (TPSA) is 94.2 Å². The van der Waals surface area contributed by atoms with Gasteiger partial charge in [0.15, 0.2) is 5.82 Å². The number of ether oxygens (including phenoxy) is 1. The summed E-state index contributed by atoms with van der Waals surface area (Å²) in [7, 11) is 1.61. The van der Waals surface area contributed by atoms with Gasteiger partial charge in [-0.1, -0.05) is 0 Å². The third-order valence-corrected chi connectivity index (χ3v) is 4.03. The minimum atomic E-state index is -0.244. The second kappa shape index (κ2) is 7.04. The molecule has 0 spiro atoms. The van der Waals surface area contributed by atoms with Crippen molar-refractivity contribution in [3.05, 3.63) is 35.3 Å². The third-order valence-electron chi connectivity index (χ3n) is 4.03. The average molecular weight is 333 g/mol. The zero-order valence-electron chi connectivity index (χ0n) is 14.2. The molecule has 0 radical (unpaired) electrons. The number of nitrogens with one attached hydrogen (secondary N) is 2. The fourth-order valence-electron chi connectivity index (χ4n) is 2.88. The average Bonchev–Trinajstić information content (AvgIpc) is 3.14. The predicted molar refractivity (Wildman–Crippen MR) is 86.2 cm³/mol. The van der Waals surface area contributed by atoms with Gasteiger partial charge in [-0.15, -0.1) is 0 Å². The van der Waals surface area contributed by atoms with E-state index in [4.69, 9.17) is 9.15 Å². The van der Waals surface area contributed by atoms with Gasteiger partial charge in [-0.2, -0.15) is 5.10 Å². The van der Waals surface area contributed by atoms with E-state index >= 15 is 0 Å². The molecule has 1 aliphatic heterocycles. The lowest BCUT2D eigenvalue weighted by atomic mass is 10.1. The summed E-state index contributed by atoms with van der Waals surface area (Å²) < 4.78 is 12.5. The first kappa shape index (κ1) is 16.5. The zero-order valence-corrected chi connectivity index (χ0v) is 14.2. The fraction of sp³-hybridized carbons (Fsp3) is 0.562. The van der Waals surface area contributed by atoms with Crippen LogP contribution in [0.15, 0.2) is 16.5 Å². The first-order valence-corrected chi connectivity index (χ1v) is 8.12. The van der Waals surface area contributed by atoms with Gasteiger partial charge in [0.25, 0.3) is 0 Å². The molecule has 0 fully saturated rings. The molecule has 8 heteroatoms. The molecule has 130 valence electrons. The van der Waals surface area contributed by atoms with Gasteiger partial charge in [0.1, 0.15) is 24.0 Å². The lowest BCUT2D eigenvalue weighted by molar-refractivity contribution is 0.177. The highest BCUT2D eigenvalue weighted by atomic mass is 16.5. The monoisotopic (exact) mass is 333 g/mol. The second-order valence-corrected chi connectivity index (χ2v) is 6.03. The molecule has 0 aromatic carbocycles. The molecule has 0 unspecified atom stereocenters. The number of aromatic nitrogens is 3. The maximum Gasteiger partial charge on any atom is 0.315 e. The van der Waals surface area contributed by atoms with Crippen LogP contribution in [0.2, 0.25) is 0 Å². The van der Waals surface area contributed by atoms with E-state index < -0.39 is 0 Å². The van der Waals surface area contributed by atoms with Crippen molar-refractivity contribution in [3.63, 3.8) is 0 Å². The summed E-state index contributed by atoms with van der Waals surface area (Å²) in [6.45, 7) is 4.95. The SMILES string of the molecule is COCc1nc2n(n1)CCC[C@H]2NC(=O)N[C@H](C)c1ccc(C)o1. The number of nitrogens with zero attached hydrogens (tertiary/aromatic N) is 3. The van der Waals surface area contributed by atoms with Crippen molar-refractivity contribution in [1.82, 2.24) is 25.4 Å². The van der Waals surface area contributed by atoms with Gasteiger partial charge in [0, 0.05) is 13.7 Å². The van der Waals surface area contributed by atoms with E-state index in [0.717, 1.165) is 36.7 Å². The van der Waals surface area contributed by atoms with Crippen LogP contribution in [0.25, 0.3) is 0 Å². The van der Waals surface area contributed by atoms with E-state index in [1.54, 1.807) is 7.11 Å². The summed E-state index contributed by atoms with van der Waals surface area (Å²) in [6, 6.07) is 3.15. The van der Waals surface area contributed by atoms with E-state index in [1.165, 1.54) is 0 Å². The number of amides is 2. The van der Waals surface area contributed by atoms with E-state index in [-0.39, 0.29) is 18.1 Å². The van der Waals surface area contributed by atoms with Crippen molar-refractivity contribution >= 4 is 6.03 Å². The van der Waals surface area contributed by atoms with Gasteiger partial charge >= 0.3 is 6.03 Å². The number of carbonyl (C=O) groups excluding carboxylic acids is 1. The minimum Gasteiger partial charge on any atom is -0.464 e. The van der Waals surface area contributed by atoms with Crippen molar-refractivity contribution in [3.8, 4) is 0 Å². The molecular formula is C16H23N5O3. The summed E-state index contributed by atoms with van der Waals surface area (Å²) >= 11 is 0. The van der Waals surface area contributed by atoms with Gasteiger partial charge in [0.2, 0.25) is 0 Å². The number of methoxy groups -OCH3 is 1. The first-order chi connectivity index (χ1) is 11.6. The third kappa shape index (κ3) is 3.59. The Kier molecular flexibility index (Phi) is 4.84. The summed E-state index contributed by atoms with van der Waals surface area (Å²) in [5.41, 5.74) is 0. The smallest absolute Gasteiger partial charge is 0.315 e. The Morgan fingerprint density at radius 2 is 2.38 bits per heavy atom. The molecule has 0 saturated heterocycles. The summed E-state index contributed by atoms with van der Waals surface area (Å²) in [5, 5.41) is 10.3. The highest BCUT2D eigenvalue weighted by Gasteiger charge is 2.26. The molecule has 0 aliphatic carbocycles. The highest BCUT2D eigenvalue weighted by molar-refractivity contribution is 5.74. The largest absolute Gasteiger partial charge is 0.464 e. The van der Waals surface area contributed by atoms with Crippen LogP contribution in [0.3, 0.4) is 0 Å². The quantitative estimate of drug-likeness (QED) is 0.875. The van der Waals surface area contributed by atoms with Gasteiger partial charge in [-0.05, 0) is 38.8 Å². The second-order valence-electron chi connectivity index (χ2n) is 6.03. The van der Waals surface area contributed by atoms with Gasteiger partial charge in [0.05, 0.1) is 12.1 Å². The number of hydrogen-bond donors (Lipinski definition) is 2. The Hall–Kier alpha value is -2.35. The molecule has 24 heavy (non-hydrogen) atoms. The molecule has 0 bridgehead atoms. The number of aryl methyl sites for hydroxylation is 2. The van der Waals surface area contributed by atoms with Crippen molar-refractivity contribution in [2.24, 2.45) is 0 Å². The number of rotatable bonds is 5. The molecule has 2 atom stereocenters. The molecule has 2 aromatic rings. The molecule has 3 heterocycles. The van der Waals surface area contributed by atoms with E-state index in [2.05, 4.69) is 20.7 Å². The van der Waals surface area contributed by atoms with E-state index in [0.29, 0.717) is 12.4 Å². The summed E-state index contributed by atoms with van der Waals surface area (Å²) in [4.78, 5) is 16.8. The number of fused-ring (bicyclic) bond motifs is 1. The molecular weight excluding hydrogens is 310 g/mol. The molecule has 1 aliphatic rings. The van der Waals surface area contributed by atoms with Crippen LogP contribution in [0, 0.1) is 6.92 Å². The van der Waals surface area contributed by atoms with Crippen LogP contribution >= 0.6 is 0 Å². The number of carbonyl (C=O) groups is 1. The first-order valence-electron chi connectivity index (χ1n) is 8.12. The molecule has 3 rings (SSSR count). The normalized spacial score (nSPS) is 18.0. The molecule has 2 aromatic heterocycles. The van der Waals surface area contributed by atoms with Crippen molar-refractivity contribution in [2.75, 3.05) is 7.11 Å². The van der Waals surface area contributed by atoms with Crippen molar-refractivity contribution < 1.29 is 13.9 Å². The number of furan rings is 1. The van der Waals surface area contributed by atoms with Crippen LogP contribution in [-0.4, -0.2) is 27.9 Å². The molecule has 8 nitrogen and oxygen atoms in total. The minimum absolute atomic E-state index is 0.151. The van der Waals surface area contributed by atoms with Crippen molar-refractivity contribution in [1.29, 1.82) is 0 Å². The lowest BCUT2D eigenvalue weighted by Crippen LogP contribution is -2.41. The van der Waals surface area contributed by atoms with Gasteiger partial charge < -0.3 is 19.8 Å². The van der Waals surface area contributed by atoms with E-state index in [9.17, 15) is 4.79 Å². The molecule has 0 saturated carbocycles. The van der Waals surface area contributed by atoms with Gasteiger partial charge in [-0.3, -0.25) is 0 Å². The summed E-state index contributed by atoms with van der Waals surface area (Å²) in [5.74, 6) is 2.98. The number of hydrogen-bond acceptors (Lipinski definition) is 5. The van der Waals surface area contributed by atoms with Crippen LogP contribution in [-0.2, 0) is 17.9 Å². The maximum atomic E-state index is 12.3. The zero-order chi connectivity index (χ0) is 17.1. The molecule has 2 N–H and O–H groups in total.